The smallest absolute Gasteiger partial charge is 0.255 e. The molecule has 1 aliphatic heterocycles. The van der Waals surface area contributed by atoms with Crippen molar-refractivity contribution in [1.29, 1.82) is 0 Å². The molecule has 0 unspecified atom stereocenters. The molecule has 0 bridgehead atoms. The lowest BCUT2D eigenvalue weighted by Crippen LogP contribution is -2.48. The molecular formula is C23H28N4O4S. The Morgan fingerprint density at radius 3 is 2.38 bits per heavy atom. The Bertz CT molecular complexity index is 1040. The minimum absolute atomic E-state index is 0.113. The molecule has 0 radical (unpaired) electrons. The molecule has 0 spiro atoms. The first-order valence-corrected chi connectivity index (χ1v) is 11.4. The lowest BCUT2D eigenvalue weighted by atomic mass is 10.2. The van der Waals surface area contributed by atoms with E-state index in [1.54, 1.807) is 44.8 Å². The van der Waals surface area contributed by atoms with Crippen LogP contribution in [-0.2, 0) is 0 Å². The number of methoxy groups -OCH3 is 3. The van der Waals surface area contributed by atoms with E-state index < -0.39 is 0 Å². The van der Waals surface area contributed by atoms with Crippen LogP contribution in [0.1, 0.15) is 10.4 Å². The van der Waals surface area contributed by atoms with Gasteiger partial charge in [0.15, 0.2) is 5.13 Å². The van der Waals surface area contributed by atoms with E-state index in [1.807, 2.05) is 24.3 Å². The lowest BCUT2D eigenvalue weighted by molar-refractivity contribution is 0.0944. The number of thiazole rings is 1. The zero-order valence-corrected chi connectivity index (χ0v) is 19.4. The van der Waals surface area contributed by atoms with Gasteiger partial charge in [0, 0.05) is 39.3 Å². The van der Waals surface area contributed by atoms with Gasteiger partial charge < -0.3 is 24.4 Å². The van der Waals surface area contributed by atoms with Crippen molar-refractivity contribution in [2.45, 2.75) is 0 Å². The molecule has 1 fully saturated rings. The summed E-state index contributed by atoms with van der Waals surface area (Å²) in [6.45, 7) is 4.97. The number of hydrogen-bond acceptors (Lipinski definition) is 8. The molecule has 32 heavy (non-hydrogen) atoms. The minimum Gasteiger partial charge on any atom is -0.496 e. The summed E-state index contributed by atoms with van der Waals surface area (Å²) in [6.07, 6.45) is 0. The molecule has 4 rings (SSSR count). The van der Waals surface area contributed by atoms with Crippen molar-refractivity contribution in [2.24, 2.45) is 0 Å². The van der Waals surface area contributed by atoms with E-state index in [0.717, 1.165) is 59.6 Å². The second-order valence-corrected chi connectivity index (χ2v) is 8.41. The number of anilines is 1. The van der Waals surface area contributed by atoms with E-state index in [-0.39, 0.29) is 5.91 Å². The first-order valence-electron chi connectivity index (χ1n) is 10.5. The van der Waals surface area contributed by atoms with Gasteiger partial charge in [-0.2, -0.15) is 0 Å². The number of benzene rings is 2. The number of ether oxygens (including phenoxy) is 3. The van der Waals surface area contributed by atoms with Gasteiger partial charge in [0.05, 0.1) is 26.9 Å². The van der Waals surface area contributed by atoms with Crippen LogP contribution in [0.3, 0.4) is 0 Å². The van der Waals surface area contributed by atoms with Crippen molar-refractivity contribution in [1.82, 2.24) is 15.2 Å². The highest BCUT2D eigenvalue weighted by atomic mass is 32.1. The Labute approximate surface area is 191 Å². The number of amides is 1. The SMILES string of the molecule is COc1ccccc1C(=O)NCCN1CCN(c2nc3c(OC)ccc(OC)c3s2)CC1. The summed E-state index contributed by atoms with van der Waals surface area (Å²) in [5.74, 6) is 2.04. The van der Waals surface area contributed by atoms with Crippen LogP contribution in [0.2, 0.25) is 0 Å². The average molecular weight is 457 g/mol. The summed E-state index contributed by atoms with van der Waals surface area (Å²) >= 11 is 1.63. The second-order valence-electron chi connectivity index (χ2n) is 7.43. The van der Waals surface area contributed by atoms with Crippen molar-refractivity contribution < 1.29 is 19.0 Å². The number of para-hydroxylation sites is 1. The van der Waals surface area contributed by atoms with Crippen LogP contribution in [0.4, 0.5) is 5.13 Å². The van der Waals surface area contributed by atoms with Crippen LogP contribution >= 0.6 is 11.3 Å². The zero-order valence-electron chi connectivity index (χ0n) is 18.6. The number of carbonyl (C=O) groups excluding carboxylic acids is 1. The van der Waals surface area contributed by atoms with Crippen molar-refractivity contribution in [3.8, 4) is 17.2 Å². The molecule has 0 saturated carbocycles. The number of carbonyl (C=O) groups is 1. The summed E-state index contributed by atoms with van der Waals surface area (Å²) < 4.78 is 17.2. The highest BCUT2D eigenvalue weighted by Gasteiger charge is 2.22. The third-order valence-corrected chi connectivity index (χ3v) is 6.74. The summed E-state index contributed by atoms with van der Waals surface area (Å²) in [7, 11) is 4.90. The molecule has 1 aromatic heterocycles. The van der Waals surface area contributed by atoms with Crippen molar-refractivity contribution in [2.75, 3.05) is 65.5 Å². The number of piperazine rings is 1. The van der Waals surface area contributed by atoms with Gasteiger partial charge in [-0.15, -0.1) is 0 Å². The Morgan fingerprint density at radius 2 is 1.66 bits per heavy atom. The van der Waals surface area contributed by atoms with E-state index >= 15 is 0 Å². The molecule has 1 amide bonds. The van der Waals surface area contributed by atoms with Gasteiger partial charge in [0.25, 0.3) is 5.91 Å². The van der Waals surface area contributed by atoms with E-state index in [9.17, 15) is 4.79 Å². The Balaban J connectivity index is 1.31. The summed E-state index contributed by atoms with van der Waals surface area (Å²) in [6, 6.07) is 11.1. The van der Waals surface area contributed by atoms with Crippen molar-refractivity contribution in [3.63, 3.8) is 0 Å². The summed E-state index contributed by atoms with van der Waals surface area (Å²) in [5, 5.41) is 3.97. The van der Waals surface area contributed by atoms with Crippen LogP contribution in [-0.4, -0.2) is 76.4 Å². The minimum atomic E-state index is -0.113. The average Bonchev–Trinajstić information content (AvgIpc) is 3.29. The normalized spacial score (nSPS) is 14.4. The van der Waals surface area contributed by atoms with Gasteiger partial charge in [-0.25, -0.2) is 4.98 Å². The molecule has 1 aliphatic rings. The first kappa shape index (κ1) is 22.2. The molecule has 1 N–H and O–H groups in total. The lowest BCUT2D eigenvalue weighted by Gasteiger charge is -2.34. The maximum Gasteiger partial charge on any atom is 0.255 e. The molecular weight excluding hydrogens is 428 g/mol. The molecule has 0 aliphatic carbocycles. The van der Waals surface area contributed by atoms with Gasteiger partial charge in [-0.3, -0.25) is 9.69 Å². The highest BCUT2D eigenvalue weighted by molar-refractivity contribution is 7.22. The largest absolute Gasteiger partial charge is 0.496 e. The third-order valence-electron chi connectivity index (χ3n) is 5.61. The molecule has 0 atom stereocenters. The molecule has 3 aromatic rings. The Morgan fingerprint density at radius 1 is 0.969 bits per heavy atom. The van der Waals surface area contributed by atoms with Crippen LogP contribution in [0.15, 0.2) is 36.4 Å². The maximum atomic E-state index is 12.4. The predicted molar refractivity (Wildman–Crippen MR) is 127 cm³/mol. The van der Waals surface area contributed by atoms with Gasteiger partial charge >= 0.3 is 0 Å². The fourth-order valence-electron chi connectivity index (χ4n) is 3.83. The fraction of sp³-hybridized carbons (Fsp3) is 0.391. The molecule has 2 heterocycles. The van der Waals surface area contributed by atoms with Crippen LogP contribution in [0.5, 0.6) is 17.2 Å². The van der Waals surface area contributed by atoms with Crippen molar-refractivity contribution in [3.05, 3.63) is 42.0 Å². The van der Waals surface area contributed by atoms with Crippen LogP contribution in [0, 0.1) is 0 Å². The molecule has 170 valence electrons. The second kappa shape index (κ2) is 10.1. The molecule has 8 nitrogen and oxygen atoms in total. The van der Waals surface area contributed by atoms with E-state index in [4.69, 9.17) is 19.2 Å². The summed E-state index contributed by atoms with van der Waals surface area (Å²) in [5.41, 5.74) is 1.40. The fourth-order valence-corrected chi connectivity index (χ4v) is 4.95. The van der Waals surface area contributed by atoms with Gasteiger partial charge in [-0.05, 0) is 24.3 Å². The van der Waals surface area contributed by atoms with E-state index in [1.165, 1.54) is 0 Å². The van der Waals surface area contributed by atoms with Crippen LogP contribution in [0.25, 0.3) is 10.2 Å². The number of nitrogens with one attached hydrogen (secondary N) is 1. The predicted octanol–water partition coefficient (Wildman–Crippen LogP) is 2.87. The number of aromatic nitrogens is 1. The quantitative estimate of drug-likeness (QED) is 0.559. The van der Waals surface area contributed by atoms with Gasteiger partial charge in [0.1, 0.15) is 27.5 Å². The van der Waals surface area contributed by atoms with E-state index in [0.29, 0.717) is 17.9 Å². The zero-order chi connectivity index (χ0) is 22.5. The molecule has 2 aromatic carbocycles. The summed E-state index contributed by atoms with van der Waals surface area (Å²) in [4.78, 5) is 21.9. The Hall–Kier alpha value is -3.04. The van der Waals surface area contributed by atoms with Gasteiger partial charge in [-0.1, -0.05) is 23.5 Å². The van der Waals surface area contributed by atoms with Crippen molar-refractivity contribution >= 4 is 32.6 Å². The maximum absolute atomic E-state index is 12.4. The third kappa shape index (κ3) is 4.58. The van der Waals surface area contributed by atoms with Gasteiger partial charge in [0.2, 0.25) is 0 Å². The first-order chi connectivity index (χ1) is 15.6. The highest BCUT2D eigenvalue weighted by Crippen LogP contribution is 2.40. The van der Waals surface area contributed by atoms with Crippen LogP contribution < -0.4 is 24.4 Å². The number of hydrogen-bond donors (Lipinski definition) is 1. The number of nitrogens with zero attached hydrogens (tertiary/aromatic N) is 3. The monoisotopic (exact) mass is 456 g/mol. The standard InChI is InChI=1S/C23H28N4O4S/c1-29-17-7-5-4-6-16(17)22(28)24-10-11-26-12-14-27(15-13-26)23-25-20-18(30-2)8-9-19(31-3)21(20)32-23/h4-9H,10-15H2,1-3H3,(H,24,28). The number of fused-ring (bicyclic) bond motifs is 1. The molecule has 9 heteroatoms. The number of rotatable bonds is 8. The topological polar surface area (TPSA) is 76.2 Å². The van der Waals surface area contributed by atoms with E-state index in [2.05, 4.69) is 15.1 Å². The molecule has 1 saturated heterocycles. The Kier molecular flexibility index (Phi) is 6.96.